The Morgan fingerprint density at radius 2 is 2.06 bits per heavy atom. The van der Waals surface area contributed by atoms with Crippen molar-refractivity contribution in [2.45, 2.75) is 31.6 Å². The van der Waals surface area contributed by atoms with E-state index >= 15 is 0 Å². The number of hydrogen-bond donors (Lipinski definition) is 2. The van der Waals surface area contributed by atoms with Gasteiger partial charge in [-0.3, -0.25) is 0 Å². The minimum absolute atomic E-state index is 0.0657. The van der Waals surface area contributed by atoms with Crippen LogP contribution in [0.15, 0.2) is 24.3 Å². The number of halogens is 2. The van der Waals surface area contributed by atoms with Gasteiger partial charge in [0.15, 0.2) is 0 Å². The van der Waals surface area contributed by atoms with Crippen LogP contribution in [0.2, 0.25) is 0 Å². The number of hydrogen-bond acceptors (Lipinski definition) is 3. The number of ether oxygens (including phenoxy) is 1. The number of aliphatic hydroxyl groups excluding tert-OH is 1. The highest BCUT2D eigenvalue weighted by Gasteiger charge is 2.34. The van der Waals surface area contributed by atoms with Crippen LogP contribution in [-0.4, -0.2) is 17.8 Å². The molecule has 0 bridgehead atoms. The van der Waals surface area contributed by atoms with Gasteiger partial charge in [0, 0.05) is 0 Å². The topological polar surface area (TPSA) is 55.5 Å². The van der Waals surface area contributed by atoms with Crippen molar-refractivity contribution in [1.82, 2.24) is 0 Å². The van der Waals surface area contributed by atoms with Crippen LogP contribution < -0.4 is 10.5 Å². The van der Waals surface area contributed by atoms with Crippen LogP contribution in [0, 0.1) is 5.92 Å². The maximum atomic E-state index is 12.0. The Labute approximate surface area is 98.2 Å². The highest BCUT2D eigenvalue weighted by atomic mass is 19.3. The summed E-state index contributed by atoms with van der Waals surface area (Å²) in [6, 6.07) is 5.62. The van der Waals surface area contributed by atoms with Crippen molar-refractivity contribution in [2.75, 3.05) is 0 Å². The molecule has 1 aliphatic carbocycles. The molecule has 0 saturated heterocycles. The molecule has 94 valence electrons. The predicted molar refractivity (Wildman–Crippen MR) is 58.7 cm³/mol. The maximum absolute atomic E-state index is 12.0. The van der Waals surface area contributed by atoms with Crippen molar-refractivity contribution in [3.63, 3.8) is 0 Å². The van der Waals surface area contributed by atoms with Crippen molar-refractivity contribution in [3.8, 4) is 5.75 Å². The average molecular weight is 243 g/mol. The lowest BCUT2D eigenvalue weighted by Gasteiger charge is -2.19. The third-order valence-electron chi connectivity index (χ3n) is 2.94. The van der Waals surface area contributed by atoms with Crippen molar-refractivity contribution >= 4 is 0 Å². The first-order valence-electron chi connectivity index (χ1n) is 5.56. The molecule has 17 heavy (non-hydrogen) atoms. The summed E-state index contributed by atoms with van der Waals surface area (Å²) >= 11 is 0. The second-order valence-electron chi connectivity index (χ2n) is 4.30. The van der Waals surface area contributed by atoms with Gasteiger partial charge >= 0.3 is 6.61 Å². The quantitative estimate of drug-likeness (QED) is 0.832. The highest BCUT2D eigenvalue weighted by molar-refractivity contribution is 5.31. The van der Waals surface area contributed by atoms with Gasteiger partial charge < -0.3 is 15.6 Å². The van der Waals surface area contributed by atoms with E-state index in [0.717, 1.165) is 12.8 Å². The van der Waals surface area contributed by atoms with Crippen LogP contribution in [0.4, 0.5) is 8.78 Å². The van der Waals surface area contributed by atoms with E-state index in [0.29, 0.717) is 5.56 Å². The fraction of sp³-hybridized carbons (Fsp3) is 0.500. The number of aliphatic hydroxyl groups is 1. The van der Waals surface area contributed by atoms with Gasteiger partial charge in [0.1, 0.15) is 5.75 Å². The van der Waals surface area contributed by atoms with E-state index in [9.17, 15) is 13.9 Å². The molecule has 1 aromatic rings. The summed E-state index contributed by atoms with van der Waals surface area (Å²) < 4.78 is 28.4. The van der Waals surface area contributed by atoms with Crippen LogP contribution in [0.5, 0.6) is 5.75 Å². The van der Waals surface area contributed by atoms with Crippen molar-refractivity contribution < 1.29 is 18.6 Å². The van der Waals surface area contributed by atoms with Crippen molar-refractivity contribution in [2.24, 2.45) is 11.7 Å². The first-order chi connectivity index (χ1) is 8.08. The zero-order valence-corrected chi connectivity index (χ0v) is 9.22. The Bertz CT molecular complexity index is 383. The summed E-state index contributed by atoms with van der Waals surface area (Å²) in [6.07, 6.45) is 1.33. The maximum Gasteiger partial charge on any atom is 0.387 e. The van der Waals surface area contributed by atoms with Gasteiger partial charge in [-0.1, -0.05) is 12.1 Å². The van der Waals surface area contributed by atoms with E-state index in [1.54, 1.807) is 12.1 Å². The van der Waals surface area contributed by atoms with Crippen molar-refractivity contribution in [1.29, 1.82) is 0 Å². The summed E-state index contributed by atoms with van der Waals surface area (Å²) in [5.74, 6) is 0.306. The van der Waals surface area contributed by atoms with Gasteiger partial charge in [-0.2, -0.15) is 8.78 Å². The fourth-order valence-electron chi connectivity index (χ4n) is 1.83. The summed E-state index contributed by atoms with van der Waals surface area (Å²) in [5, 5.41) is 9.87. The Hall–Kier alpha value is -1.20. The molecule has 2 atom stereocenters. The van der Waals surface area contributed by atoms with Crippen LogP contribution in [0.1, 0.15) is 24.4 Å². The standard InChI is InChI=1S/C12H15F2NO2/c13-12(14)17-9-3-1-2-8(6-9)10(15)11(16)7-4-5-7/h1-3,6-7,10-12,16H,4-5,15H2/t10-,11+/m0/s1. The molecule has 3 nitrogen and oxygen atoms in total. The lowest BCUT2D eigenvalue weighted by Crippen LogP contribution is -2.27. The number of benzene rings is 1. The Balaban J connectivity index is 2.08. The molecule has 1 fully saturated rings. The lowest BCUT2D eigenvalue weighted by molar-refractivity contribution is -0.0499. The highest BCUT2D eigenvalue weighted by Crippen LogP contribution is 2.37. The van der Waals surface area contributed by atoms with E-state index in [4.69, 9.17) is 5.73 Å². The largest absolute Gasteiger partial charge is 0.435 e. The SMILES string of the molecule is N[C@@H](c1cccc(OC(F)F)c1)[C@H](O)C1CC1. The van der Waals surface area contributed by atoms with Gasteiger partial charge in [-0.05, 0) is 36.5 Å². The van der Waals surface area contributed by atoms with Crippen LogP contribution in [0.3, 0.4) is 0 Å². The third kappa shape index (κ3) is 3.14. The second kappa shape index (κ2) is 4.98. The van der Waals surface area contributed by atoms with E-state index in [-0.39, 0.29) is 11.7 Å². The number of nitrogens with two attached hydrogens (primary N) is 1. The molecular formula is C12H15F2NO2. The van der Waals surface area contributed by atoms with Crippen LogP contribution in [0.25, 0.3) is 0 Å². The molecule has 0 unspecified atom stereocenters. The zero-order valence-electron chi connectivity index (χ0n) is 9.22. The molecule has 0 aliphatic heterocycles. The number of rotatable bonds is 5. The minimum Gasteiger partial charge on any atom is -0.435 e. The van der Waals surface area contributed by atoms with Gasteiger partial charge in [-0.25, -0.2) is 0 Å². The summed E-state index contributed by atoms with van der Waals surface area (Å²) in [6.45, 7) is -2.85. The van der Waals surface area contributed by atoms with Crippen LogP contribution in [-0.2, 0) is 0 Å². The van der Waals surface area contributed by atoms with Gasteiger partial charge in [-0.15, -0.1) is 0 Å². The molecule has 2 rings (SSSR count). The number of alkyl halides is 2. The molecule has 0 heterocycles. The average Bonchev–Trinajstić information content (AvgIpc) is 3.10. The molecule has 0 radical (unpaired) electrons. The van der Waals surface area contributed by atoms with E-state index in [2.05, 4.69) is 4.74 Å². The minimum atomic E-state index is -2.85. The lowest BCUT2D eigenvalue weighted by atomic mass is 9.99. The van der Waals surface area contributed by atoms with Gasteiger partial charge in [0.05, 0.1) is 12.1 Å². The van der Waals surface area contributed by atoms with E-state index < -0.39 is 18.8 Å². The summed E-state index contributed by atoms with van der Waals surface area (Å²) in [5.41, 5.74) is 6.50. The third-order valence-corrected chi connectivity index (χ3v) is 2.94. The molecule has 1 saturated carbocycles. The normalized spacial score (nSPS) is 19.1. The molecular weight excluding hydrogens is 228 g/mol. The molecule has 0 amide bonds. The molecule has 0 aromatic heterocycles. The van der Waals surface area contributed by atoms with Crippen molar-refractivity contribution in [3.05, 3.63) is 29.8 Å². The van der Waals surface area contributed by atoms with E-state index in [1.807, 2.05) is 0 Å². The molecule has 1 aromatic carbocycles. The molecule has 5 heteroatoms. The van der Waals surface area contributed by atoms with Gasteiger partial charge in [0.2, 0.25) is 0 Å². The molecule has 0 spiro atoms. The Kier molecular flexibility index (Phi) is 3.59. The van der Waals surface area contributed by atoms with Gasteiger partial charge in [0.25, 0.3) is 0 Å². The molecule has 1 aliphatic rings. The van der Waals surface area contributed by atoms with Crippen LogP contribution >= 0.6 is 0 Å². The second-order valence-corrected chi connectivity index (χ2v) is 4.30. The Morgan fingerprint density at radius 3 is 2.65 bits per heavy atom. The first-order valence-corrected chi connectivity index (χ1v) is 5.56. The summed E-state index contributed by atoms with van der Waals surface area (Å²) in [7, 11) is 0. The smallest absolute Gasteiger partial charge is 0.387 e. The predicted octanol–water partition coefficient (Wildman–Crippen LogP) is 2.06. The zero-order chi connectivity index (χ0) is 12.4. The summed E-state index contributed by atoms with van der Waals surface area (Å²) in [4.78, 5) is 0. The monoisotopic (exact) mass is 243 g/mol. The first kappa shape index (κ1) is 12.3. The fourth-order valence-corrected chi connectivity index (χ4v) is 1.83. The Morgan fingerprint density at radius 1 is 1.35 bits per heavy atom. The van der Waals surface area contributed by atoms with E-state index in [1.165, 1.54) is 12.1 Å². The molecule has 3 N–H and O–H groups in total.